The predicted octanol–water partition coefficient (Wildman–Crippen LogP) is 4.19. The van der Waals surface area contributed by atoms with Crippen molar-refractivity contribution >= 4 is 37.6 Å². The van der Waals surface area contributed by atoms with Crippen molar-refractivity contribution in [3.8, 4) is 0 Å². The van der Waals surface area contributed by atoms with E-state index in [4.69, 9.17) is 0 Å². The van der Waals surface area contributed by atoms with Crippen LogP contribution in [-0.4, -0.2) is 5.78 Å². The second-order valence-electron chi connectivity index (χ2n) is 3.62. The summed E-state index contributed by atoms with van der Waals surface area (Å²) >= 11 is 6.79. The molecular weight excluding hydrogens is 308 g/mol. The van der Waals surface area contributed by atoms with E-state index >= 15 is 0 Å². The molecule has 1 aliphatic carbocycles. The largest absolute Gasteiger partial charge is 0.294 e. The van der Waals surface area contributed by atoms with E-state index in [-0.39, 0.29) is 11.7 Å². The molecule has 1 saturated carbocycles. The summed E-state index contributed by atoms with van der Waals surface area (Å²) in [6.45, 7) is 0. The maximum Gasteiger partial charge on any atom is 0.167 e. The number of hydrogen-bond donors (Lipinski definition) is 0. The minimum Gasteiger partial charge on any atom is -0.294 e. The first kappa shape index (κ1) is 10.4. The van der Waals surface area contributed by atoms with Crippen molar-refractivity contribution in [1.29, 1.82) is 0 Å². The number of carbonyl (C=O) groups excluding carboxylic acids is 1. The molecular formula is C11H10Br2O. The number of ketones is 1. The zero-order valence-corrected chi connectivity index (χ0v) is 10.8. The van der Waals surface area contributed by atoms with E-state index in [0.29, 0.717) is 0 Å². The SMILES string of the molecule is O=C(c1ccc(Br)cc1Br)C1CCC1. The Morgan fingerprint density at radius 2 is 2.00 bits per heavy atom. The van der Waals surface area contributed by atoms with Gasteiger partial charge in [0.25, 0.3) is 0 Å². The van der Waals surface area contributed by atoms with Gasteiger partial charge >= 0.3 is 0 Å². The smallest absolute Gasteiger partial charge is 0.167 e. The van der Waals surface area contributed by atoms with Crippen LogP contribution < -0.4 is 0 Å². The molecule has 0 saturated heterocycles. The summed E-state index contributed by atoms with van der Waals surface area (Å²) in [5.41, 5.74) is 0.818. The van der Waals surface area contributed by atoms with E-state index in [1.807, 2.05) is 18.2 Å². The van der Waals surface area contributed by atoms with Crippen LogP contribution in [0.3, 0.4) is 0 Å². The molecule has 0 radical (unpaired) electrons. The van der Waals surface area contributed by atoms with Gasteiger partial charge < -0.3 is 0 Å². The molecule has 1 nitrogen and oxygen atoms in total. The fraction of sp³-hybridized carbons (Fsp3) is 0.364. The predicted molar refractivity (Wildman–Crippen MR) is 63.5 cm³/mol. The van der Waals surface area contributed by atoms with Crippen LogP contribution in [0.2, 0.25) is 0 Å². The highest BCUT2D eigenvalue weighted by atomic mass is 79.9. The average Bonchev–Trinajstić information content (AvgIpc) is 2.00. The minimum absolute atomic E-state index is 0.271. The molecule has 1 fully saturated rings. The number of Topliss-reactive ketones (excluding diaryl/α,β-unsaturated/α-hetero) is 1. The molecule has 14 heavy (non-hydrogen) atoms. The van der Waals surface area contributed by atoms with E-state index in [2.05, 4.69) is 31.9 Å². The summed E-state index contributed by atoms with van der Waals surface area (Å²) in [5, 5.41) is 0. The first-order valence-corrected chi connectivity index (χ1v) is 6.26. The lowest BCUT2D eigenvalue weighted by molar-refractivity contribution is 0.0854. The third-order valence-corrected chi connectivity index (χ3v) is 3.82. The summed E-state index contributed by atoms with van der Waals surface area (Å²) in [6, 6.07) is 5.72. The highest BCUT2D eigenvalue weighted by Gasteiger charge is 2.27. The van der Waals surface area contributed by atoms with Crippen molar-refractivity contribution in [3.05, 3.63) is 32.7 Å². The van der Waals surface area contributed by atoms with Gasteiger partial charge in [-0.05, 0) is 31.0 Å². The van der Waals surface area contributed by atoms with Crippen molar-refractivity contribution in [2.24, 2.45) is 5.92 Å². The van der Waals surface area contributed by atoms with Crippen molar-refractivity contribution in [3.63, 3.8) is 0 Å². The third-order valence-electron chi connectivity index (χ3n) is 2.67. The van der Waals surface area contributed by atoms with E-state index in [1.54, 1.807) is 0 Å². The van der Waals surface area contributed by atoms with Crippen LogP contribution in [0.5, 0.6) is 0 Å². The molecule has 3 heteroatoms. The van der Waals surface area contributed by atoms with Crippen LogP contribution in [0.4, 0.5) is 0 Å². The first-order chi connectivity index (χ1) is 6.68. The number of rotatable bonds is 2. The van der Waals surface area contributed by atoms with Crippen molar-refractivity contribution in [2.45, 2.75) is 19.3 Å². The van der Waals surface area contributed by atoms with Crippen LogP contribution in [0.1, 0.15) is 29.6 Å². The normalized spacial score (nSPS) is 16.4. The van der Waals surface area contributed by atoms with Gasteiger partial charge in [0.2, 0.25) is 0 Å². The van der Waals surface area contributed by atoms with Gasteiger partial charge in [-0.15, -0.1) is 0 Å². The second-order valence-corrected chi connectivity index (χ2v) is 5.39. The Balaban J connectivity index is 2.26. The van der Waals surface area contributed by atoms with Gasteiger partial charge in [-0.2, -0.15) is 0 Å². The zero-order chi connectivity index (χ0) is 10.1. The van der Waals surface area contributed by atoms with Crippen LogP contribution in [0, 0.1) is 5.92 Å². The molecule has 0 spiro atoms. The fourth-order valence-corrected chi connectivity index (χ4v) is 2.82. The summed E-state index contributed by atoms with van der Waals surface area (Å²) in [4.78, 5) is 11.9. The highest BCUT2D eigenvalue weighted by Crippen LogP contribution is 2.32. The molecule has 0 aliphatic heterocycles. The summed E-state index contributed by atoms with van der Waals surface area (Å²) in [7, 11) is 0. The Bertz CT molecular complexity index is 370. The van der Waals surface area contributed by atoms with Gasteiger partial charge in [-0.3, -0.25) is 4.79 Å². The Morgan fingerprint density at radius 1 is 1.29 bits per heavy atom. The van der Waals surface area contributed by atoms with E-state index in [0.717, 1.165) is 27.4 Å². The molecule has 74 valence electrons. The molecule has 0 atom stereocenters. The maximum atomic E-state index is 11.9. The molecule has 1 aliphatic rings. The molecule has 0 bridgehead atoms. The highest BCUT2D eigenvalue weighted by molar-refractivity contribution is 9.11. The summed E-state index contributed by atoms with van der Waals surface area (Å²) in [5.74, 6) is 0.558. The van der Waals surface area contributed by atoms with Crippen LogP contribution in [0.15, 0.2) is 27.1 Å². The molecule has 0 unspecified atom stereocenters. The lowest BCUT2D eigenvalue weighted by Gasteiger charge is -2.24. The van der Waals surface area contributed by atoms with Crippen LogP contribution >= 0.6 is 31.9 Å². The monoisotopic (exact) mass is 316 g/mol. The van der Waals surface area contributed by atoms with E-state index in [1.165, 1.54) is 6.42 Å². The van der Waals surface area contributed by atoms with Gasteiger partial charge in [0.1, 0.15) is 0 Å². The summed E-state index contributed by atoms with van der Waals surface area (Å²) in [6.07, 6.45) is 3.31. The van der Waals surface area contributed by atoms with Gasteiger partial charge in [0, 0.05) is 20.4 Å². The Hall–Kier alpha value is -0.150. The Labute approximate surface area is 100 Å². The first-order valence-electron chi connectivity index (χ1n) is 4.68. The summed E-state index contributed by atoms with van der Waals surface area (Å²) < 4.78 is 1.89. The molecule has 1 aromatic carbocycles. The van der Waals surface area contributed by atoms with Gasteiger partial charge in [-0.1, -0.05) is 38.3 Å². The van der Waals surface area contributed by atoms with E-state index in [9.17, 15) is 4.79 Å². The molecule has 2 rings (SSSR count). The Morgan fingerprint density at radius 3 is 2.50 bits per heavy atom. The molecule has 0 N–H and O–H groups in total. The molecule has 0 amide bonds. The lowest BCUT2D eigenvalue weighted by atomic mass is 9.80. The van der Waals surface area contributed by atoms with Crippen molar-refractivity contribution < 1.29 is 4.79 Å². The fourth-order valence-electron chi connectivity index (χ4n) is 1.58. The van der Waals surface area contributed by atoms with Crippen molar-refractivity contribution in [2.75, 3.05) is 0 Å². The number of halogens is 2. The number of benzene rings is 1. The Kier molecular flexibility index (Phi) is 3.07. The minimum atomic E-state index is 0.271. The van der Waals surface area contributed by atoms with E-state index < -0.39 is 0 Å². The van der Waals surface area contributed by atoms with Gasteiger partial charge in [-0.25, -0.2) is 0 Å². The number of carbonyl (C=O) groups is 1. The molecule has 0 aromatic heterocycles. The third kappa shape index (κ3) is 1.94. The van der Waals surface area contributed by atoms with Gasteiger partial charge in [0.05, 0.1) is 0 Å². The van der Waals surface area contributed by atoms with Gasteiger partial charge in [0.15, 0.2) is 5.78 Å². The molecule has 0 heterocycles. The second kappa shape index (κ2) is 4.15. The molecule has 1 aromatic rings. The van der Waals surface area contributed by atoms with Crippen molar-refractivity contribution in [1.82, 2.24) is 0 Å². The standard InChI is InChI=1S/C11H10Br2O/c12-8-4-5-9(10(13)6-8)11(14)7-2-1-3-7/h4-7H,1-3H2. The maximum absolute atomic E-state index is 11.9. The topological polar surface area (TPSA) is 17.1 Å². The number of hydrogen-bond acceptors (Lipinski definition) is 1. The van der Waals surface area contributed by atoms with Crippen LogP contribution in [-0.2, 0) is 0 Å². The average molecular weight is 318 g/mol. The van der Waals surface area contributed by atoms with Crippen LogP contribution in [0.25, 0.3) is 0 Å². The lowest BCUT2D eigenvalue weighted by Crippen LogP contribution is -2.22. The zero-order valence-electron chi connectivity index (χ0n) is 7.59. The quantitative estimate of drug-likeness (QED) is 0.747.